The predicted molar refractivity (Wildman–Crippen MR) is 185 cm³/mol. The Kier molecular flexibility index (Phi) is 6.33. The molecule has 7 aromatic rings. The molecule has 0 saturated heterocycles. The lowest BCUT2D eigenvalue weighted by Gasteiger charge is -2.41. The van der Waals surface area contributed by atoms with Crippen LogP contribution in [0.4, 0.5) is 0 Å². The van der Waals surface area contributed by atoms with Crippen LogP contribution in [-0.2, 0) is 10.8 Å². The first kappa shape index (κ1) is 27.6. The normalized spacial score (nSPS) is 13.8. The number of aromatic hydroxyl groups is 1. The third-order valence-electron chi connectivity index (χ3n) is 9.07. The Balaban J connectivity index is 1.51. The van der Waals surface area contributed by atoms with E-state index < -0.39 is 5.41 Å². The van der Waals surface area contributed by atoms with Crippen LogP contribution in [0, 0.1) is 0 Å². The van der Waals surface area contributed by atoms with Gasteiger partial charge in [-0.1, -0.05) is 111 Å². The maximum atomic E-state index is 10.9. The van der Waals surface area contributed by atoms with Gasteiger partial charge in [0.1, 0.15) is 5.75 Å². The summed E-state index contributed by atoms with van der Waals surface area (Å²) in [4.78, 5) is 12.8. The third kappa shape index (κ3) is 4.27. The van der Waals surface area contributed by atoms with E-state index in [0.29, 0.717) is 0 Å². The maximum absolute atomic E-state index is 10.9. The second kappa shape index (κ2) is 10.3. The lowest BCUT2D eigenvalue weighted by atomic mass is 9.66. The Labute approximate surface area is 267 Å². The summed E-state index contributed by atoms with van der Waals surface area (Å²) in [7, 11) is 0. The number of phenolic OH excluding ortho intramolecular Hbond substituents is 1. The summed E-state index contributed by atoms with van der Waals surface area (Å²) in [5, 5.41) is 14.2. The molecule has 0 unspecified atom stereocenters. The zero-order valence-electron chi connectivity index (χ0n) is 25.5. The molecule has 4 heteroatoms. The first-order valence-electron chi connectivity index (χ1n) is 15.3. The van der Waals surface area contributed by atoms with E-state index in [4.69, 9.17) is 9.97 Å². The van der Waals surface area contributed by atoms with Crippen LogP contribution in [0.1, 0.15) is 48.7 Å². The van der Waals surface area contributed by atoms with Gasteiger partial charge in [-0.05, 0) is 81.6 Å². The maximum Gasteiger partial charge on any atom is 0.124 e. The number of phenols is 1. The smallest absolute Gasteiger partial charge is 0.124 e. The highest BCUT2D eigenvalue weighted by atomic mass is 32.2. The molecule has 0 radical (unpaired) electrons. The first-order valence-corrected chi connectivity index (χ1v) is 16.1. The van der Waals surface area contributed by atoms with Crippen molar-refractivity contribution in [2.24, 2.45) is 0 Å². The van der Waals surface area contributed by atoms with Crippen LogP contribution in [0.2, 0.25) is 0 Å². The second-order valence-electron chi connectivity index (χ2n) is 12.8. The van der Waals surface area contributed by atoms with Crippen LogP contribution >= 0.6 is 11.8 Å². The average molecular weight is 601 g/mol. The van der Waals surface area contributed by atoms with Gasteiger partial charge in [-0.2, -0.15) is 0 Å². The molecule has 0 amide bonds. The Morgan fingerprint density at radius 2 is 1.33 bits per heavy atom. The van der Waals surface area contributed by atoms with E-state index in [1.54, 1.807) is 6.07 Å². The molecular formula is C41H32N2OS. The SMILES string of the molecule is CC(C)(C)c1cc(-c2ccccc2O)nc2c1ccc1ccc(C3(c4ccccn4)c4ccccc4Sc4ccccc43)cc12. The van der Waals surface area contributed by atoms with E-state index in [1.807, 2.05) is 42.2 Å². The Morgan fingerprint density at radius 1 is 0.667 bits per heavy atom. The fourth-order valence-corrected chi connectivity index (χ4v) is 8.20. The number of fused-ring (bicyclic) bond motifs is 5. The van der Waals surface area contributed by atoms with Gasteiger partial charge in [0.15, 0.2) is 0 Å². The molecule has 2 aromatic heterocycles. The van der Waals surface area contributed by atoms with Crippen molar-refractivity contribution in [1.29, 1.82) is 0 Å². The van der Waals surface area contributed by atoms with Gasteiger partial charge in [0.25, 0.3) is 0 Å². The van der Waals surface area contributed by atoms with Crippen molar-refractivity contribution < 1.29 is 5.11 Å². The van der Waals surface area contributed by atoms with Gasteiger partial charge in [-0.3, -0.25) is 4.98 Å². The van der Waals surface area contributed by atoms with E-state index in [-0.39, 0.29) is 11.2 Å². The van der Waals surface area contributed by atoms with Crippen LogP contribution < -0.4 is 0 Å². The van der Waals surface area contributed by atoms with Crippen LogP contribution in [-0.4, -0.2) is 15.1 Å². The minimum Gasteiger partial charge on any atom is -0.507 e. The molecule has 3 nitrogen and oxygen atoms in total. The van der Waals surface area contributed by atoms with Crippen LogP contribution in [0.5, 0.6) is 5.75 Å². The van der Waals surface area contributed by atoms with E-state index in [2.05, 4.69) is 118 Å². The fourth-order valence-electron chi connectivity index (χ4n) is 7.00. The van der Waals surface area contributed by atoms with Gasteiger partial charge in [-0.25, -0.2) is 4.98 Å². The summed E-state index contributed by atoms with van der Waals surface area (Å²) < 4.78 is 0. The van der Waals surface area contributed by atoms with Crippen molar-refractivity contribution in [1.82, 2.24) is 9.97 Å². The molecule has 1 N–H and O–H groups in total. The fraction of sp³-hybridized carbons (Fsp3) is 0.122. The summed E-state index contributed by atoms with van der Waals surface area (Å²) in [5.41, 5.74) is 7.46. The molecule has 45 heavy (non-hydrogen) atoms. The lowest BCUT2D eigenvalue weighted by molar-refractivity contribution is 0.477. The number of hydrogen-bond acceptors (Lipinski definition) is 4. The molecule has 0 fully saturated rings. The number of aromatic nitrogens is 2. The van der Waals surface area contributed by atoms with Crippen molar-refractivity contribution in [2.45, 2.75) is 41.4 Å². The Hall–Kier alpha value is -4.93. The van der Waals surface area contributed by atoms with Crippen LogP contribution in [0.15, 0.2) is 143 Å². The number of hydrogen-bond donors (Lipinski definition) is 1. The van der Waals surface area contributed by atoms with E-state index in [1.165, 1.54) is 26.5 Å². The first-order chi connectivity index (χ1) is 21.9. The molecule has 5 aromatic carbocycles. The van der Waals surface area contributed by atoms with E-state index in [0.717, 1.165) is 44.2 Å². The molecule has 0 atom stereocenters. The van der Waals surface area contributed by atoms with Gasteiger partial charge in [0, 0.05) is 32.3 Å². The minimum absolute atomic E-state index is 0.140. The highest BCUT2D eigenvalue weighted by Gasteiger charge is 2.45. The van der Waals surface area contributed by atoms with Crippen molar-refractivity contribution in [2.75, 3.05) is 0 Å². The summed E-state index contributed by atoms with van der Waals surface area (Å²) in [5.74, 6) is 0.229. The molecule has 0 saturated carbocycles. The number of para-hydroxylation sites is 1. The molecular weight excluding hydrogens is 569 g/mol. The van der Waals surface area contributed by atoms with E-state index in [9.17, 15) is 5.11 Å². The number of rotatable bonds is 3. The Bertz CT molecular complexity index is 2210. The van der Waals surface area contributed by atoms with Gasteiger partial charge >= 0.3 is 0 Å². The van der Waals surface area contributed by atoms with Gasteiger partial charge in [0.2, 0.25) is 0 Å². The summed E-state index contributed by atoms with van der Waals surface area (Å²) in [6.07, 6.45) is 1.90. The van der Waals surface area contributed by atoms with Crippen molar-refractivity contribution in [3.8, 4) is 17.0 Å². The van der Waals surface area contributed by atoms with E-state index >= 15 is 0 Å². The predicted octanol–water partition coefficient (Wildman–Crippen LogP) is 10.3. The van der Waals surface area contributed by atoms with Crippen molar-refractivity contribution in [3.63, 3.8) is 0 Å². The monoisotopic (exact) mass is 600 g/mol. The van der Waals surface area contributed by atoms with Crippen molar-refractivity contribution in [3.05, 3.63) is 162 Å². The molecule has 218 valence electrons. The topological polar surface area (TPSA) is 46.0 Å². The Morgan fingerprint density at radius 3 is 2.02 bits per heavy atom. The molecule has 0 bridgehead atoms. The molecule has 3 heterocycles. The molecule has 8 rings (SSSR count). The molecule has 0 spiro atoms. The quantitative estimate of drug-likeness (QED) is 0.205. The largest absolute Gasteiger partial charge is 0.507 e. The average Bonchev–Trinajstić information content (AvgIpc) is 3.06. The highest BCUT2D eigenvalue weighted by molar-refractivity contribution is 7.99. The molecule has 1 aliphatic heterocycles. The van der Waals surface area contributed by atoms with Crippen LogP contribution in [0.25, 0.3) is 32.9 Å². The van der Waals surface area contributed by atoms with Gasteiger partial charge < -0.3 is 5.11 Å². The third-order valence-corrected chi connectivity index (χ3v) is 10.2. The lowest BCUT2D eigenvalue weighted by Crippen LogP contribution is -2.34. The summed E-state index contributed by atoms with van der Waals surface area (Å²) >= 11 is 1.82. The zero-order chi connectivity index (χ0) is 30.8. The van der Waals surface area contributed by atoms with Crippen LogP contribution in [0.3, 0.4) is 0 Å². The van der Waals surface area contributed by atoms with Crippen molar-refractivity contribution >= 4 is 33.4 Å². The van der Waals surface area contributed by atoms with Gasteiger partial charge in [0.05, 0.1) is 22.3 Å². The summed E-state index contributed by atoms with van der Waals surface area (Å²) in [6.45, 7) is 6.71. The number of benzene rings is 5. The van der Waals surface area contributed by atoms with Gasteiger partial charge in [-0.15, -0.1) is 0 Å². The number of nitrogens with zero attached hydrogens (tertiary/aromatic N) is 2. The second-order valence-corrected chi connectivity index (χ2v) is 13.9. The summed E-state index contributed by atoms with van der Waals surface area (Å²) in [6, 6.07) is 44.6. The minimum atomic E-state index is -0.627. The zero-order valence-corrected chi connectivity index (χ0v) is 26.3. The molecule has 0 aliphatic carbocycles. The standard InChI is InChI=1S/C41H32N2OS/c1-40(2,3)33-25-34(29-12-4-7-15-35(29)44)43-39-28(33)22-20-26-19-21-27(24-30(26)39)41(38-18-10-11-23-42-38)31-13-5-8-16-36(31)45-37-17-9-6-14-32(37)41/h4-25,44H,1-3H3. The number of pyridine rings is 2. The molecule has 1 aliphatic rings. The highest BCUT2D eigenvalue weighted by Crippen LogP contribution is 2.55.